The first-order valence-corrected chi connectivity index (χ1v) is 5.87. The first kappa shape index (κ1) is 12.4. The van der Waals surface area contributed by atoms with Gasteiger partial charge in [-0.15, -0.1) is 0 Å². The second-order valence-corrected chi connectivity index (χ2v) is 6.08. The molecule has 0 amide bonds. The first-order valence-electron chi connectivity index (χ1n) is 5.87. The Morgan fingerprint density at radius 2 is 1.73 bits per heavy atom. The van der Waals surface area contributed by atoms with E-state index in [0.717, 1.165) is 5.76 Å². The minimum atomic E-state index is 0.112. The molecule has 0 aromatic carbocycles. The lowest BCUT2D eigenvalue weighted by atomic mass is 9.81. The summed E-state index contributed by atoms with van der Waals surface area (Å²) in [5.74, 6) is 1.08. The number of furan rings is 1. The van der Waals surface area contributed by atoms with Crippen molar-refractivity contribution >= 4 is 0 Å². The van der Waals surface area contributed by atoms with Crippen LogP contribution < -0.4 is 0 Å². The average molecular weight is 208 g/mol. The minimum Gasteiger partial charge on any atom is -0.468 e. The second-order valence-electron chi connectivity index (χ2n) is 6.08. The monoisotopic (exact) mass is 208 g/mol. The Hall–Kier alpha value is -0.720. The fourth-order valence-electron chi connectivity index (χ4n) is 1.85. The van der Waals surface area contributed by atoms with E-state index in [1.54, 1.807) is 0 Å². The van der Waals surface area contributed by atoms with Gasteiger partial charge >= 0.3 is 0 Å². The third-order valence-electron chi connectivity index (χ3n) is 3.00. The summed E-state index contributed by atoms with van der Waals surface area (Å²) in [5, 5.41) is 0. The standard InChI is InChI=1S/C14H24O/c1-7-8-14(5,6)11-9-12(15-10-11)13(2,3)4/h9-10H,7-8H2,1-6H3. The van der Waals surface area contributed by atoms with Gasteiger partial charge in [-0.05, 0) is 23.5 Å². The van der Waals surface area contributed by atoms with Crippen LogP contribution in [0.2, 0.25) is 0 Å². The largest absolute Gasteiger partial charge is 0.468 e. The van der Waals surface area contributed by atoms with Crippen molar-refractivity contribution in [1.29, 1.82) is 0 Å². The summed E-state index contributed by atoms with van der Waals surface area (Å²) in [7, 11) is 0. The van der Waals surface area contributed by atoms with Crippen LogP contribution in [0.25, 0.3) is 0 Å². The lowest BCUT2D eigenvalue weighted by molar-refractivity contribution is 0.405. The molecule has 0 aliphatic carbocycles. The number of hydrogen-bond donors (Lipinski definition) is 0. The molecule has 0 N–H and O–H groups in total. The van der Waals surface area contributed by atoms with Crippen molar-refractivity contribution in [3.05, 3.63) is 23.7 Å². The van der Waals surface area contributed by atoms with Gasteiger partial charge < -0.3 is 4.42 Å². The topological polar surface area (TPSA) is 13.1 Å². The lowest BCUT2D eigenvalue weighted by Gasteiger charge is -2.22. The predicted molar refractivity (Wildman–Crippen MR) is 65.3 cm³/mol. The summed E-state index contributed by atoms with van der Waals surface area (Å²) in [6.45, 7) is 13.3. The van der Waals surface area contributed by atoms with Gasteiger partial charge in [0.05, 0.1) is 6.26 Å². The molecule has 0 aliphatic rings. The Labute approximate surface area is 93.9 Å². The van der Waals surface area contributed by atoms with E-state index in [4.69, 9.17) is 4.42 Å². The van der Waals surface area contributed by atoms with Gasteiger partial charge in [-0.1, -0.05) is 48.0 Å². The van der Waals surface area contributed by atoms with Crippen LogP contribution in [0, 0.1) is 0 Å². The quantitative estimate of drug-likeness (QED) is 0.704. The molecule has 1 aromatic rings. The zero-order valence-corrected chi connectivity index (χ0v) is 11.0. The van der Waals surface area contributed by atoms with Crippen molar-refractivity contribution in [1.82, 2.24) is 0 Å². The van der Waals surface area contributed by atoms with Gasteiger partial charge in [0.2, 0.25) is 0 Å². The summed E-state index contributed by atoms with van der Waals surface area (Å²) in [6, 6.07) is 2.22. The minimum absolute atomic E-state index is 0.112. The van der Waals surface area contributed by atoms with Crippen LogP contribution in [-0.4, -0.2) is 0 Å². The van der Waals surface area contributed by atoms with Gasteiger partial charge in [-0.25, -0.2) is 0 Å². The highest BCUT2D eigenvalue weighted by atomic mass is 16.3. The molecule has 0 fully saturated rings. The molecule has 1 heteroatoms. The summed E-state index contributed by atoms with van der Waals surface area (Å²) >= 11 is 0. The van der Waals surface area contributed by atoms with E-state index in [9.17, 15) is 0 Å². The van der Waals surface area contributed by atoms with Gasteiger partial charge in [-0.3, -0.25) is 0 Å². The van der Waals surface area contributed by atoms with E-state index < -0.39 is 0 Å². The third-order valence-corrected chi connectivity index (χ3v) is 3.00. The highest BCUT2D eigenvalue weighted by Gasteiger charge is 2.25. The van der Waals surface area contributed by atoms with Gasteiger partial charge in [0.1, 0.15) is 5.76 Å². The maximum Gasteiger partial charge on any atom is 0.109 e. The molecular weight excluding hydrogens is 184 g/mol. The highest BCUT2D eigenvalue weighted by Crippen LogP contribution is 2.33. The van der Waals surface area contributed by atoms with E-state index in [1.165, 1.54) is 18.4 Å². The molecule has 0 saturated heterocycles. The third kappa shape index (κ3) is 2.87. The van der Waals surface area contributed by atoms with Gasteiger partial charge in [0.25, 0.3) is 0 Å². The molecule has 0 spiro atoms. The molecule has 1 heterocycles. The molecule has 0 radical (unpaired) electrons. The zero-order valence-electron chi connectivity index (χ0n) is 11.0. The second kappa shape index (κ2) is 4.03. The Morgan fingerprint density at radius 3 is 2.13 bits per heavy atom. The van der Waals surface area contributed by atoms with E-state index in [1.807, 2.05) is 6.26 Å². The maximum atomic E-state index is 5.66. The summed E-state index contributed by atoms with van der Waals surface area (Å²) in [5.41, 5.74) is 1.68. The van der Waals surface area contributed by atoms with Crippen molar-refractivity contribution in [2.75, 3.05) is 0 Å². The number of hydrogen-bond acceptors (Lipinski definition) is 1. The van der Waals surface area contributed by atoms with Crippen LogP contribution in [0.15, 0.2) is 16.7 Å². The summed E-state index contributed by atoms with van der Waals surface area (Å²) in [6.07, 6.45) is 4.34. The van der Waals surface area contributed by atoms with Gasteiger partial charge in [0.15, 0.2) is 0 Å². The zero-order chi connectivity index (χ0) is 11.7. The molecule has 0 bridgehead atoms. The predicted octanol–water partition coefficient (Wildman–Crippen LogP) is 4.65. The Morgan fingerprint density at radius 1 is 1.13 bits per heavy atom. The maximum absolute atomic E-state index is 5.66. The van der Waals surface area contributed by atoms with E-state index >= 15 is 0 Å². The van der Waals surface area contributed by atoms with Gasteiger partial charge in [-0.2, -0.15) is 0 Å². The fourth-order valence-corrected chi connectivity index (χ4v) is 1.85. The van der Waals surface area contributed by atoms with Crippen molar-refractivity contribution in [2.45, 2.75) is 65.2 Å². The molecule has 86 valence electrons. The van der Waals surface area contributed by atoms with Crippen LogP contribution in [0.4, 0.5) is 0 Å². The van der Waals surface area contributed by atoms with Crippen molar-refractivity contribution < 1.29 is 4.42 Å². The normalized spacial score (nSPS) is 13.2. The van der Waals surface area contributed by atoms with Gasteiger partial charge in [0, 0.05) is 5.41 Å². The highest BCUT2D eigenvalue weighted by molar-refractivity contribution is 5.25. The fraction of sp³-hybridized carbons (Fsp3) is 0.714. The molecule has 0 atom stereocenters. The number of rotatable bonds is 3. The van der Waals surface area contributed by atoms with Crippen molar-refractivity contribution in [3.63, 3.8) is 0 Å². The van der Waals surface area contributed by atoms with Crippen LogP contribution in [0.5, 0.6) is 0 Å². The first-order chi connectivity index (χ1) is 6.77. The van der Waals surface area contributed by atoms with Crippen molar-refractivity contribution in [2.24, 2.45) is 0 Å². The molecule has 1 aromatic heterocycles. The molecule has 0 saturated carbocycles. The van der Waals surface area contributed by atoms with E-state index in [2.05, 4.69) is 47.6 Å². The van der Waals surface area contributed by atoms with Crippen LogP contribution in [0.3, 0.4) is 0 Å². The molecular formula is C14H24O. The van der Waals surface area contributed by atoms with Crippen molar-refractivity contribution in [3.8, 4) is 0 Å². The smallest absolute Gasteiger partial charge is 0.109 e. The Kier molecular flexibility index (Phi) is 3.32. The van der Waals surface area contributed by atoms with E-state index in [-0.39, 0.29) is 10.8 Å². The Balaban J connectivity index is 2.94. The Bertz CT molecular complexity index is 312. The SMILES string of the molecule is CCCC(C)(C)c1coc(C(C)(C)C)c1. The lowest BCUT2D eigenvalue weighted by Crippen LogP contribution is -2.16. The molecule has 15 heavy (non-hydrogen) atoms. The van der Waals surface area contributed by atoms with Crippen LogP contribution in [-0.2, 0) is 10.8 Å². The molecule has 1 nitrogen and oxygen atoms in total. The van der Waals surface area contributed by atoms with E-state index in [0.29, 0.717) is 0 Å². The molecule has 0 aliphatic heterocycles. The molecule has 1 rings (SSSR count). The summed E-state index contributed by atoms with van der Waals surface area (Å²) in [4.78, 5) is 0. The van der Waals surface area contributed by atoms with Crippen LogP contribution >= 0.6 is 0 Å². The van der Waals surface area contributed by atoms with Crippen LogP contribution in [0.1, 0.15) is 65.7 Å². The molecule has 0 unspecified atom stereocenters. The summed E-state index contributed by atoms with van der Waals surface area (Å²) < 4.78 is 5.66. The average Bonchev–Trinajstić information content (AvgIpc) is 2.50.